The van der Waals surface area contributed by atoms with E-state index in [1.807, 2.05) is 20.8 Å². The van der Waals surface area contributed by atoms with Gasteiger partial charge < -0.3 is 53.9 Å². The molecule has 0 aromatic heterocycles. The topological polar surface area (TPSA) is 385 Å². The first kappa shape index (κ1) is 64.4. The zero-order valence-corrected chi connectivity index (χ0v) is 40.7. The molecule has 0 aliphatic rings. The monoisotopic (exact) mass is 990 g/mol. The Hall–Kier alpha value is -3.91. The second-order valence-electron chi connectivity index (χ2n) is 15.7. The molecule has 0 aliphatic carbocycles. The molecular weight excluding hydrogens is 922 g/mol. The lowest BCUT2D eigenvalue weighted by Gasteiger charge is -2.26. The Morgan fingerprint density at radius 2 is 1.17 bits per heavy atom. The predicted molar refractivity (Wildman–Crippen MR) is 226 cm³/mol. The number of nitrogens with one attached hydrogen (secondary N) is 4. The van der Waals surface area contributed by atoms with Crippen molar-refractivity contribution in [1.82, 2.24) is 20.8 Å². The molecule has 0 saturated heterocycles. The van der Waals surface area contributed by atoms with Gasteiger partial charge in [0, 0.05) is 12.5 Å². The van der Waals surface area contributed by atoms with Crippen LogP contribution < -0.4 is 20.8 Å². The number of carbonyl (C=O) groups excluding carboxylic acids is 6. The fourth-order valence-electron chi connectivity index (χ4n) is 3.43. The lowest BCUT2D eigenvalue weighted by atomic mass is 9.91. The largest absolute Gasteiger partial charge is 0.462 e. The van der Waals surface area contributed by atoms with Crippen LogP contribution in [0.2, 0.25) is 0 Å². The Morgan fingerprint density at radius 1 is 0.703 bits per heavy atom. The van der Waals surface area contributed by atoms with E-state index in [2.05, 4.69) is 26.7 Å². The minimum absolute atomic E-state index is 0.00435. The number of rotatable bonds is 25. The van der Waals surface area contributed by atoms with E-state index in [0.29, 0.717) is 25.9 Å². The van der Waals surface area contributed by atoms with Crippen molar-refractivity contribution in [3.05, 3.63) is 12.2 Å². The number of amides is 4. The molecule has 26 nitrogen and oxygen atoms in total. The van der Waals surface area contributed by atoms with E-state index in [-0.39, 0.29) is 44.2 Å². The number of hydrogen-bond acceptors (Lipinski definition) is 17. The molecule has 4 amide bonds. The van der Waals surface area contributed by atoms with Crippen LogP contribution in [0.5, 0.6) is 0 Å². The smallest absolute Gasteiger partial charge is 0.432 e. The van der Waals surface area contributed by atoms with Gasteiger partial charge in [-0.2, -0.15) is 8.42 Å². The Labute approximate surface area is 373 Å². The van der Waals surface area contributed by atoms with E-state index in [9.17, 15) is 46.3 Å². The molecule has 0 saturated carbocycles. The van der Waals surface area contributed by atoms with Gasteiger partial charge >= 0.3 is 45.7 Å². The van der Waals surface area contributed by atoms with Gasteiger partial charge in [-0.1, -0.05) is 39.8 Å². The highest BCUT2D eigenvalue weighted by Crippen LogP contribution is 2.29. The van der Waals surface area contributed by atoms with Gasteiger partial charge in [-0.05, 0) is 67.7 Å². The van der Waals surface area contributed by atoms with Crippen molar-refractivity contribution in [2.24, 2.45) is 16.7 Å². The van der Waals surface area contributed by atoms with Crippen molar-refractivity contribution in [2.75, 3.05) is 51.9 Å². The van der Waals surface area contributed by atoms with Crippen molar-refractivity contribution in [2.45, 2.75) is 107 Å². The van der Waals surface area contributed by atoms with Gasteiger partial charge in [-0.3, -0.25) is 18.9 Å². The molecule has 0 heterocycles. The van der Waals surface area contributed by atoms with Crippen LogP contribution >= 0.6 is 15.5 Å². The first-order valence-electron chi connectivity index (χ1n) is 19.4. The maximum absolute atomic E-state index is 11.9. The molecule has 0 rings (SSSR count). The highest BCUT2D eigenvalue weighted by Gasteiger charge is 2.31. The second-order valence-corrected chi connectivity index (χ2v) is 19.7. The standard InChI is InChI=1S/C15H27NO6.C11H22N2O12P2.C9H19NO4S/c1-6-15(4,5)13(17)19-9-10-20-14(18)16-7-8-21-22-11-12(2)3;1-4-11(2,3)8(14)23-5-7(25-10(16)13-27(20,21)22)6-24-9(15)12-26(17,18)19;1-5-7(2)8(11)10-9(3,4)6-15(12,13)14/h2,6-11H2,1,3-5H3,(H,16,18);7H,4-6H2,1-3H3,(H3,12,15,17,18,19)(H3,13,16,20,21,22);7H,5-6H2,1-4H3,(H,10,11)(H,12,13,14). The minimum Gasteiger partial charge on any atom is -0.462 e. The van der Waals surface area contributed by atoms with Crippen LogP contribution in [-0.4, -0.2) is 132 Å². The van der Waals surface area contributed by atoms with Gasteiger partial charge in [-0.25, -0.2) is 43.5 Å². The highest BCUT2D eigenvalue weighted by atomic mass is 32.2. The zero-order valence-electron chi connectivity index (χ0n) is 38.1. The molecule has 376 valence electrons. The van der Waals surface area contributed by atoms with Gasteiger partial charge in [0.1, 0.15) is 33.0 Å². The SMILES string of the molecule is C=C(C)COOCCNC(=O)OCCOC(=O)C(C)(C)CC.CCC(C)(C)C(=O)OCC(COC(=O)NP(=O)(O)O)OC(=O)NP(=O)(O)O.CCC(C)C(=O)NC(C)(C)CS(=O)(=O)O. The molecule has 0 fully saturated rings. The van der Waals surface area contributed by atoms with E-state index >= 15 is 0 Å². The minimum atomic E-state index is -4.97. The molecule has 2 atom stereocenters. The third-order valence-corrected chi connectivity index (χ3v) is 9.91. The molecule has 0 aromatic rings. The van der Waals surface area contributed by atoms with Crippen molar-refractivity contribution in [1.29, 1.82) is 0 Å². The second kappa shape index (κ2) is 30.3. The molecule has 0 bridgehead atoms. The predicted octanol–water partition coefficient (Wildman–Crippen LogP) is 3.00. The summed E-state index contributed by atoms with van der Waals surface area (Å²) in [4.78, 5) is 113. The summed E-state index contributed by atoms with van der Waals surface area (Å²) in [6, 6.07) is 0. The Bertz CT molecular complexity index is 1710. The van der Waals surface area contributed by atoms with Crippen molar-refractivity contribution < 1.29 is 104 Å². The van der Waals surface area contributed by atoms with Crippen LogP contribution in [0.3, 0.4) is 0 Å². The first-order valence-corrected chi connectivity index (χ1v) is 24.2. The summed E-state index contributed by atoms with van der Waals surface area (Å²) in [7, 11) is -14.0. The molecular formula is C35H68N4O22P2S. The summed E-state index contributed by atoms with van der Waals surface area (Å²) >= 11 is 0. The molecule has 0 radical (unpaired) electrons. The van der Waals surface area contributed by atoms with Crippen LogP contribution in [-0.2, 0) is 67.1 Å². The average Bonchev–Trinajstić information content (AvgIpc) is 3.12. The van der Waals surface area contributed by atoms with Crippen LogP contribution in [0.25, 0.3) is 0 Å². The van der Waals surface area contributed by atoms with Crippen molar-refractivity contribution in [3.8, 4) is 0 Å². The number of esters is 2. The molecule has 0 aromatic carbocycles. The molecule has 0 spiro atoms. The number of carbonyl (C=O) groups is 6. The quantitative estimate of drug-likeness (QED) is 0.00927. The lowest BCUT2D eigenvalue weighted by molar-refractivity contribution is -0.286. The van der Waals surface area contributed by atoms with Crippen LogP contribution in [0.4, 0.5) is 14.4 Å². The summed E-state index contributed by atoms with van der Waals surface area (Å²) in [5, 5.41) is 7.43. The average molecular weight is 991 g/mol. The van der Waals surface area contributed by atoms with E-state index < -0.39 is 91.3 Å². The normalized spacial score (nSPS) is 12.8. The summed E-state index contributed by atoms with van der Waals surface area (Å²) in [6.45, 7) is 21.9. The highest BCUT2D eigenvalue weighted by molar-refractivity contribution is 7.85. The molecule has 0 aliphatic heterocycles. The van der Waals surface area contributed by atoms with Crippen LogP contribution in [0.15, 0.2) is 12.2 Å². The van der Waals surface area contributed by atoms with Gasteiger partial charge in [0.25, 0.3) is 10.1 Å². The zero-order chi connectivity index (χ0) is 50.8. The summed E-state index contributed by atoms with van der Waals surface area (Å²) in [6.07, 6.45) is -3.50. The molecule has 29 heteroatoms. The Kier molecular flexibility index (Phi) is 30.5. The third-order valence-electron chi connectivity index (χ3n) is 7.88. The first-order chi connectivity index (χ1) is 28.9. The number of alkyl carbamates (subject to hydrolysis) is 1. The van der Waals surface area contributed by atoms with E-state index in [4.69, 9.17) is 48.1 Å². The summed E-state index contributed by atoms with van der Waals surface area (Å²) in [5.41, 5.74) is -1.51. The maximum Gasteiger partial charge on any atom is 0.432 e. The number of hydrogen-bond donors (Lipinski definition) is 9. The van der Waals surface area contributed by atoms with Gasteiger partial charge in [0.2, 0.25) is 5.91 Å². The Balaban J connectivity index is -0.000000908. The third kappa shape index (κ3) is 37.5. The number of ether oxygens (including phenoxy) is 5. The maximum atomic E-state index is 11.9. The van der Waals surface area contributed by atoms with Gasteiger partial charge in [0.05, 0.1) is 28.7 Å². The van der Waals surface area contributed by atoms with Crippen LogP contribution in [0, 0.1) is 16.7 Å². The Morgan fingerprint density at radius 3 is 1.62 bits per heavy atom. The summed E-state index contributed by atoms with van der Waals surface area (Å²) < 4.78 is 75.1. The van der Waals surface area contributed by atoms with E-state index in [1.54, 1.807) is 55.4 Å². The van der Waals surface area contributed by atoms with E-state index in [1.165, 1.54) is 10.2 Å². The molecule has 64 heavy (non-hydrogen) atoms. The van der Waals surface area contributed by atoms with Crippen molar-refractivity contribution in [3.63, 3.8) is 0 Å². The summed E-state index contributed by atoms with van der Waals surface area (Å²) in [5.74, 6) is -1.84. The van der Waals surface area contributed by atoms with Gasteiger partial charge in [0.15, 0.2) is 6.10 Å². The van der Waals surface area contributed by atoms with E-state index in [0.717, 1.165) is 5.57 Å². The molecule has 2 unspecified atom stereocenters. The fraction of sp³-hybridized carbons (Fsp3) is 0.771. The lowest BCUT2D eigenvalue weighted by Crippen LogP contribution is -2.49. The van der Waals surface area contributed by atoms with Gasteiger partial charge in [-0.15, -0.1) is 0 Å². The van der Waals surface area contributed by atoms with Crippen molar-refractivity contribution >= 4 is 61.7 Å². The fourth-order valence-corrected chi connectivity index (χ4v) is 5.01. The van der Waals surface area contributed by atoms with Crippen LogP contribution in [0.1, 0.15) is 95.4 Å². The molecule has 9 N–H and O–H groups in total.